The third kappa shape index (κ3) is 4.69. The summed E-state index contributed by atoms with van der Waals surface area (Å²) in [6.07, 6.45) is -3.53. The molecule has 9 atom stereocenters. The van der Waals surface area contributed by atoms with E-state index in [2.05, 4.69) is 42.2 Å². The minimum absolute atomic E-state index is 0.142. The Balaban J connectivity index is 1.15. The van der Waals surface area contributed by atoms with Crippen molar-refractivity contribution in [1.29, 1.82) is 0 Å². The van der Waals surface area contributed by atoms with Crippen molar-refractivity contribution in [3.8, 4) is 0 Å². The smallest absolute Gasteiger partial charge is 0.386 e. The third-order valence-corrected chi connectivity index (χ3v) is 8.84. The molecule has 0 aromatic carbocycles. The van der Waals surface area contributed by atoms with Gasteiger partial charge in [-0.05, 0) is 0 Å². The molecule has 2 bridgehead atoms. The minimum Gasteiger partial charge on any atom is -0.387 e. The van der Waals surface area contributed by atoms with Crippen LogP contribution in [0, 0.1) is 0 Å². The molecule has 3 aliphatic rings. The summed E-state index contributed by atoms with van der Waals surface area (Å²) < 4.78 is 51.3. The van der Waals surface area contributed by atoms with Crippen molar-refractivity contribution < 1.29 is 42.8 Å². The Morgan fingerprint density at radius 1 is 0.833 bits per heavy atom. The topological polar surface area (TPSA) is 252 Å². The summed E-state index contributed by atoms with van der Waals surface area (Å²) in [5.41, 5.74) is 13.1. The monoisotopic (exact) mass is 624 g/mol. The van der Waals surface area contributed by atoms with Crippen molar-refractivity contribution in [1.82, 2.24) is 39.0 Å². The number of fused-ring (bicyclic) bond motifs is 5. The van der Waals surface area contributed by atoms with Gasteiger partial charge in [0.05, 0.1) is 25.9 Å². The maximum Gasteiger partial charge on any atom is 0.386 e. The quantitative estimate of drug-likeness (QED) is 0.135. The zero-order valence-electron chi connectivity index (χ0n) is 21.4. The number of nitrogens with two attached hydrogens (primary N) is 2. The summed E-state index contributed by atoms with van der Waals surface area (Å²) in [6, 6.07) is 0. The number of nitrogen functional groups attached to an aromatic ring is 2. The number of rotatable bonds is 2. The van der Waals surface area contributed by atoms with Crippen molar-refractivity contribution in [3.63, 3.8) is 0 Å². The van der Waals surface area contributed by atoms with Crippen LogP contribution in [-0.4, -0.2) is 106 Å². The lowest BCUT2D eigenvalue weighted by atomic mass is 10.1. The average molecular weight is 625 g/mol. The molecule has 4 aromatic heterocycles. The van der Waals surface area contributed by atoms with Crippen LogP contribution in [0.25, 0.3) is 22.3 Å². The second kappa shape index (κ2) is 10.6. The Morgan fingerprint density at radius 2 is 1.45 bits per heavy atom. The Morgan fingerprint density at radius 3 is 2.12 bits per heavy atom. The molecule has 4 aromatic rings. The van der Waals surface area contributed by atoms with Crippen LogP contribution in [-0.2, 0) is 32.6 Å². The van der Waals surface area contributed by atoms with Crippen LogP contribution >= 0.6 is 19.0 Å². The van der Waals surface area contributed by atoms with Crippen molar-refractivity contribution in [2.75, 3.05) is 31.5 Å². The molecule has 1 unspecified atom stereocenters. The Bertz CT molecular complexity index is 1680. The van der Waals surface area contributed by atoms with E-state index in [9.17, 15) is 14.8 Å². The number of hydrogen-bond donors (Lipinski definition) is 5. The molecular formula is C21H25N10O9PS. The molecule has 0 amide bonds. The molecule has 0 radical (unpaired) electrons. The van der Waals surface area contributed by atoms with E-state index in [1.807, 2.05) is 0 Å². The lowest BCUT2D eigenvalue weighted by Crippen LogP contribution is -2.37. The summed E-state index contributed by atoms with van der Waals surface area (Å²) in [5, 5.41) is 22.2. The molecule has 21 heteroatoms. The molecule has 3 saturated heterocycles. The van der Waals surface area contributed by atoms with Crippen LogP contribution in [0.1, 0.15) is 12.5 Å². The number of aliphatic hydroxyl groups excluding tert-OH is 2. The highest BCUT2D eigenvalue weighted by molar-refractivity contribution is 8.44. The predicted octanol–water partition coefficient (Wildman–Crippen LogP) is -0.840. The largest absolute Gasteiger partial charge is 0.387 e. The van der Waals surface area contributed by atoms with Crippen LogP contribution in [0.5, 0.6) is 0 Å². The molecule has 0 spiro atoms. The predicted molar refractivity (Wildman–Crippen MR) is 142 cm³/mol. The normalized spacial score (nSPS) is 36.0. The van der Waals surface area contributed by atoms with Crippen LogP contribution < -0.4 is 11.5 Å². The molecule has 0 aliphatic carbocycles. The van der Waals surface area contributed by atoms with E-state index >= 15 is 0 Å². The van der Waals surface area contributed by atoms with Gasteiger partial charge in [0.2, 0.25) is 0 Å². The zero-order valence-corrected chi connectivity index (χ0v) is 23.2. The zero-order chi connectivity index (χ0) is 29.2. The Hall–Kier alpha value is -3.04. The van der Waals surface area contributed by atoms with Gasteiger partial charge in [-0.15, -0.1) is 0 Å². The van der Waals surface area contributed by atoms with Gasteiger partial charge in [-0.3, -0.25) is 18.2 Å². The average Bonchev–Trinajstić information content (AvgIpc) is 3.72. The van der Waals surface area contributed by atoms with Crippen LogP contribution in [0.3, 0.4) is 0 Å². The van der Waals surface area contributed by atoms with Gasteiger partial charge in [-0.25, -0.2) is 34.5 Å². The maximum atomic E-state index is 13.5. The summed E-state index contributed by atoms with van der Waals surface area (Å²) >= 11 is 4.14. The number of nitrogens with zero attached hydrogens (tertiary/aromatic N) is 8. The van der Waals surface area contributed by atoms with E-state index in [4.69, 9.17) is 39.5 Å². The number of aromatic nitrogens is 8. The number of anilines is 2. The fraction of sp³-hybridized carbons (Fsp3) is 0.524. The number of thiol groups is 1. The highest BCUT2D eigenvalue weighted by Gasteiger charge is 2.51. The number of hydrogen-bond acceptors (Lipinski definition) is 17. The van der Waals surface area contributed by atoms with Crippen molar-refractivity contribution in [2.24, 2.45) is 0 Å². The summed E-state index contributed by atoms with van der Waals surface area (Å²) in [4.78, 5) is 24.7. The summed E-state index contributed by atoms with van der Waals surface area (Å²) in [7, 11) is 0. The van der Waals surface area contributed by atoms with Gasteiger partial charge in [-0.1, -0.05) is 12.2 Å². The number of ether oxygens (including phenoxy) is 4. The van der Waals surface area contributed by atoms with Gasteiger partial charge in [0, 0.05) is 0 Å². The lowest BCUT2D eigenvalue weighted by molar-refractivity contribution is -0.152. The highest BCUT2D eigenvalue weighted by Crippen LogP contribution is 2.57. The molecule has 7 rings (SSSR count). The van der Waals surface area contributed by atoms with Crippen LogP contribution in [0.4, 0.5) is 11.6 Å². The van der Waals surface area contributed by atoms with Gasteiger partial charge in [0.15, 0.2) is 35.4 Å². The first-order chi connectivity index (χ1) is 20.2. The molecule has 19 nitrogen and oxygen atoms in total. The van der Waals surface area contributed by atoms with E-state index in [1.165, 1.54) is 34.4 Å². The Kier molecular flexibility index (Phi) is 7.01. The van der Waals surface area contributed by atoms with Crippen molar-refractivity contribution in [2.45, 2.75) is 49.1 Å². The van der Waals surface area contributed by atoms with E-state index in [-0.39, 0.29) is 31.6 Å². The SMILES string of the molecule is Nc1ncnc2c1ncn2[C@@H]1O[C@@H]2COP(=O)(S)O[C@@H]3[C@H](O)[C@@H](COCO[C@H]2[C@H]1O)O[C@H]3n1cnc2c(N)ncnc21. The van der Waals surface area contributed by atoms with Gasteiger partial charge in [0.1, 0.15) is 67.1 Å². The van der Waals surface area contributed by atoms with E-state index in [1.54, 1.807) is 0 Å². The second-order valence-electron chi connectivity index (χ2n) is 9.73. The van der Waals surface area contributed by atoms with Gasteiger partial charge in [-0.2, -0.15) is 0 Å². The van der Waals surface area contributed by atoms with E-state index < -0.39 is 55.9 Å². The van der Waals surface area contributed by atoms with E-state index in [0.717, 1.165) is 0 Å². The van der Waals surface area contributed by atoms with Gasteiger partial charge in [0.25, 0.3) is 0 Å². The number of aliphatic hydroxyl groups is 2. The van der Waals surface area contributed by atoms with Crippen LogP contribution in [0.15, 0.2) is 25.3 Å². The van der Waals surface area contributed by atoms with Crippen molar-refractivity contribution in [3.05, 3.63) is 25.3 Å². The fourth-order valence-electron chi connectivity index (χ4n) is 5.24. The fourth-order valence-corrected chi connectivity index (χ4v) is 6.70. The number of imidazole rings is 2. The van der Waals surface area contributed by atoms with Gasteiger partial charge >= 0.3 is 6.80 Å². The first-order valence-corrected chi connectivity index (χ1v) is 15.3. The van der Waals surface area contributed by atoms with Gasteiger partial charge < -0.3 is 40.6 Å². The summed E-state index contributed by atoms with van der Waals surface area (Å²) in [6.45, 7) is -5.03. The molecule has 224 valence electrons. The van der Waals surface area contributed by atoms with Crippen LogP contribution in [0.2, 0.25) is 0 Å². The minimum atomic E-state index is -4.19. The first kappa shape index (κ1) is 27.8. The lowest BCUT2D eigenvalue weighted by Gasteiger charge is -2.26. The Labute approximate surface area is 240 Å². The second-order valence-corrected chi connectivity index (χ2v) is 12.6. The molecule has 3 aliphatic heterocycles. The first-order valence-electron chi connectivity index (χ1n) is 12.6. The highest BCUT2D eigenvalue weighted by atomic mass is 32.7. The van der Waals surface area contributed by atoms with E-state index in [0.29, 0.717) is 22.3 Å². The standard InChI is InChI=1S/C21H25N10O9PS/c22-16-10-18(26-3-24-16)30(5-28-10)20-13(33)14-9(39-20)2-37-41(34,42)40-15-12(32)8(1-35-7-36-14)38-21(15)31-6-29-11-17(23)25-4-27-19(11)31/h3-6,8-9,12-15,20-21,32-33H,1-2,7H2,(H,34,42)(H2,22,24,26)(H2,23,25,27)/t8-,9-,12-,13-,14-,15-,20-,21-,41?/m1/s1. The molecular weight excluding hydrogens is 599 g/mol. The molecule has 3 fully saturated rings. The van der Waals surface area contributed by atoms with Crippen molar-refractivity contribution >= 4 is 53.0 Å². The molecule has 7 heterocycles. The molecule has 0 saturated carbocycles. The summed E-state index contributed by atoms with van der Waals surface area (Å²) in [5.74, 6) is 0.301. The maximum absolute atomic E-state index is 13.5. The molecule has 42 heavy (non-hydrogen) atoms. The third-order valence-electron chi connectivity index (χ3n) is 7.23. The molecule has 6 N–H and O–H groups in total.